The van der Waals surface area contributed by atoms with Crippen molar-refractivity contribution in [2.75, 3.05) is 13.7 Å². The van der Waals surface area contributed by atoms with Gasteiger partial charge in [0.15, 0.2) is 11.6 Å². The second-order valence-electron chi connectivity index (χ2n) is 11.8. The van der Waals surface area contributed by atoms with Crippen LogP contribution in [-0.4, -0.2) is 30.1 Å². The van der Waals surface area contributed by atoms with Gasteiger partial charge in [0.25, 0.3) is 0 Å². The molecule has 0 amide bonds. The Morgan fingerprint density at radius 2 is 1.50 bits per heavy atom. The zero-order chi connectivity index (χ0) is 24.8. The van der Waals surface area contributed by atoms with Gasteiger partial charge in [0, 0.05) is 57.9 Å². The number of allylic oxidation sites excluding steroid dienone is 4. The molecule has 34 heavy (non-hydrogen) atoms. The van der Waals surface area contributed by atoms with Gasteiger partial charge in [-0.3, -0.25) is 9.59 Å². The molecular formula is C29H38BrNO3. The second-order valence-corrected chi connectivity index (χ2v) is 12.7. The Labute approximate surface area is 212 Å². The number of ether oxygens (including phenoxy) is 1. The Morgan fingerprint density at radius 3 is 2.00 bits per heavy atom. The Morgan fingerprint density at radius 1 is 0.941 bits per heavy atom. The van der Waals surface area contributed by atoms with Crippen molar-refractivity contribution in [3.05, 3.63) is 50.8 Å². The van der Waals surface area contributed by atoms with E-state index in [1.165, 1.54) is 0 Å². The highest BCUT2D eigenvalue weighted by molar-refractivity contribution is 9.10. The third-order valence-corrected chi connectivity index (χ3v) is 8.00. The summed E-state index contributed by atoms with van der Waals surface area (Å²) >= 11 is 3.62. The molecule has 1 aliphatic heterocycles. The number of benzene rings is 1. The zero-order valence-electron chi connectivity index (χ0n) is 21.5. The van der Waals surface area contributed by atoms with E-state index in [4.69, 9.17) is 4.74 Å². The molecule has 3 aliphatic rings. The minimum atomic E-state index is -0.368. The molecule has 0 fully saturated rings. The molecule has 0 bridgehead atoms. The first-order chi connectivity index (χ1) is 16.0. The standard InChI is InChI=1S/C29H38BrNO3/c1-7-8-9-12-31-20-14-28(2,3)16-22(32)26(20)25(19-13-18(30)10-11-24(19)34-6)27-21(31)15-29(4,5)17-23(27)33/h10-11,13,25H,7-9,12,14-17H2,1-6H3. The number of carbonyl (C=O) groups is 2. The van der Waals surface area contributed by atoms with Crippen molar-refractivity contribution >= 4 is 27.5 Å². The lowest BCUT2D eigenvalue weighted by Gasteiger charge is -2.49. The summed E-state index contributed by atoms with van der Waals surface area (Å²) in [5.41, 5.74) is 4.61. The van der Waals surface area contributed by atoms with Crippen molar-refractivity contribution in [2.24, 2.45) is 10.8 Å². The van der Waals surface area contributed by atoms with Gasteiger partial charge >= 0.3 is 0 Å². The Bertz CT molecular complexity index is 1020. The van der Waals surface area contributed by atoms with Crippen molar-refractivity contribution in [2.45, 2.75) is 85.5 Å². The average Bonchev–Trinajstić information content (AvgIpc) is 2.72. The summed E-state index contributed by atoms with van der Waals surface area (Å²) in [5, 5.41) is 0. The van der Waals surface area contributed by atoms with Crippen LogP contribution in [0.3, 0.4) is 0 Å². The second kappa shape index (κ2) is 9.29. The maximum absolute atomic E-state index is 13.8. The Kier molecular flexibility index (Phi) is 6.89. The lowest BCUT2D eigenvalue weighted by Crippen LogP contribution is -2.44. The maximum atomic E-state index is 13.8. The van der Waals surface area contributed by atoms with E-state index in [1.54, 1.807) is 7.11 Å². The summed E-state index contributed by atoms with van der Waals surface area (Å²) in [7, 11) is 1.66. The normalized spacial score (nSPS) is 22.1. The van der Waals surface area contributed by atoms with Gasteiger partial charge in [-0.2, -0.15) is 0 Å². The predicted octanol–water partition coefficient (Wildman–Crippen LogP) is 7.33. The molecule has 0 N–H and O–H groups in total. The van der Waals surface area contributed by atoms with Gasteiger partial charge in [0.1, 0.15) is 5.75 Å². The van der Waals surface area contributed by atoms with Gasteiger partial charge in [0.05, 0.1) is 7.11 Å². The molecule has 0 aromatic heterocycles. The van der Waals surface area contributed by atoms with Crippen molar-refractivity contribution in [1.82, 2.24) is 4.90 Å². The van der Waals surface area contributed by atoms with Crippen LogP contribution in [0.25, 0.3) is 0 Å². The number of methoxy groups -OCH3 is 1. The fourth-order valence-corrected chi connectivity index (χ4v) is 6.46. The van der Waals surface area contributed by atoms with Crippen LogP contribution >= 0.6 is 15.9 Å². The van der Waals surface area contributed by atoms with Gasteiger partial charge in [-0.25, -0.2) is 0 Å². The van der Waals surface area contributed by atoms with E-state index in [2.05, 4.69) is 55.4 Å². The number of rotatable bonds is 6. The van der Waals surface area contributed by atoms with Crippen LogP contribution < -0.4 is 4.74 Å². The zero-order valence-corrected chi connectivity index (χ0v) is 23.1. The molecule has 4 nitrogen and oxygen atoms in total. The fraction of sp³-hybridized carbons (Fsp3) is 0.586. The molecular weight excluding hydrogens is 490 g/mol. The monoisotopic (exact) mass is 527 g/mol. The average molecular weight is 529 g/mol. The minimum absolute atomic E-state index is 0.100. The molecule has 4 rings (SSSR count). The molecule has 0 spiro atoms. The van der Waals surface area contributed by atoms with E-state index in [0.717, 1.165) is 77.0 Å². The lowest BCUT2D eigenvalue weighted by molar-refractivity contribution is -0.119. The first-order valence-corrected chi connectivity index (χ1v) is 13.4. The molecule has 0 radical (unpaired) electrons. The molecule has 0 atom stereocenters. The summed E-state index contributed by atoms with van der Waals surface area (Å²) in [6, 6.07) is 5.91. The predicted molar refractivity (Wildman–Crippen MR) is 140 cm³/mol. The molecule has 184 valence electrons. The summed E-state index contributed by atoms with van der Waals surface area (Å²) < 4.78 is 6.69. The molecule has 1 aromatic rings. The number of ketones is 2. The van der Waals surface area contributed by atoms with Crippen LogP contribution in [0.2, 0.25) is 0 Å². The molecule has 2 aliphatic carbocycles. The number of hydrogen-bond acceptors (Lipinski definition) is 4. The molecule has 0 saturated heterocycles. The van der Waals surface area contributed by atoms with Gasteiger partial charge in [-0.1, -0.05) is 63.4 Å². The van der Waals surface area contributed by atoms with Crippen molar-refractivity contribution in [1.29, 1.82) is 0 Å². The van der Waals surface area contributed by atoms with Crippen molar-refractivity contribution < 1.29 is 14.3 Å². The van der Waals surface area contributed by atoms with Gasteiger partial charge in [-0.05, 0) is 48.3 Å². The third kappa shape index (κ3) is 4.65. The summed E-state index contributed by atoms with van der Waals surface area (Å²) in [6.07, 6.45) is 6.03. The smallest absolute Gasteiger partial charge is 0.162 e. The molecule has 5 heteroatoms. The minimum Gasteiger partial charge on any atom is -0.496 e. The SMILES string of the molecule is CCCCCN1C2=C(C(=O)CC(C)(C)C2)C(c2cc(Br)ccc2OC)C2=C1CC(C)(C)CC2=O. The highest BCUT2D eigenvalue weighted by Crippen LogP contribution is 2.55. The highest BCUT2D eigenvalue weighted by Gasteiger charge is 2.49. The Hall–Kier alpha value is -1.88. The van der Waals surface area contributed by atoms with E-state index in [0.29, 0.717) is 12.8 Å². The first kappa shape index (κ1) is 25.2. The maximum Gasteiger partial charge on any atom is 0.162 e. The number of halogens is 1. The van der Waals surface area contributed by atoms with E-state index >= 15 is 0 Å². The number of Topliss-reactive ketones (excluding diaryl/α,β-unsaturated/α-hetero) is 2. The van der Waals surface area contributed by atoms with Crippen LogP contribution in [0, 0.1) is 10.8 Å². The van der Waals surface area contributed by atoms with Gasteiger partial charge < -0.3 is 9.64 Å². The van der Waals surface area contributed by atoms with Gasteiger partial charge in [-0.15, -0.1) is 0 Å². The van der Waals surface area contributed by atoms with Crippen molar-refractivity contribution in [3.63, 3.8) is 0 Å². The van der Waals surface area contributed by atoms with E-state index in [-0.39, 0.29) is 28.3 Å². The summed E-state index contributed by atoms with van der Waals surface area (Å²) in [4.78, 5) is 30.0. The molecule has 1 aromatic carbocycles. The molecule has 0 saturated carbocycles. The van der Waals surface area contributed by atoms with Crippen LogP contribution in [0.4, 0.5) is 0 Å². The summed E-state index contributed by atoms with van der Waals surface area (Å²) in [5.74, 6) is 0.694. The fourth-order valence-electron chi connectivity index (χ4n) is 6.08. The quantitative estimate of drug-likeness (QED) is 0.363. The van der Waals surface area contributed by atoms with Crippen LogP contribution in [-0.2, 0) is 9.59 Å². The number of nitrogens with zero attached hydrogens (tertiary/aromatic N) is 1. The third-order valence-electron chi connectivity index (χ3n) is 7.51. The lowest BCUT2D eigenvalue weighted by atomic mass is 9.63. The number of unbranched alkanes of at least 4 members (excludes halogenated alkanes) is 2. The largest absolute Gasteiger partial charge is 0.496 e. The van der Waals surface area contributed by atoms with Crippen LogP contribution in [0.15, 0.2) is 45.2 Å². The van der Waals surface area contributed by atoms with Gasteiger partial charge in [0.2, 0.25) is 0 Å². The number of hydrogen-bond donors (Lipinski definition) is 0. The first-order valence-electron chi connectivity index (χ1n) is 12.6. The van der Waals surface area contributed by atoms with E-state index < -0.39 is 0 Å². The molecule has 1 heterocycles. The van der Waals surface area contributed by atoms with E-state index in [9.17, 15) is 9.59 Å². The van der Waals surface area contributed by atoms with E-state index in [1.807, 2.05) is 18.2 Å². The van der Waals surface area contributed by atoms with Crippen molar-refractivity contribution in [3.8, 4) is 5.75 Å². The Balaban J connectivity index is 2.00. The highest BCUT2D eigenvalue weighted by atomic mass is 79.9. The van der Waals surface area contributed by atoms with Crippen LogP contribution in [0.5, 0.6) is 5.75 Å². The van der Waals surface area contributed by atoms with Crippen LogP contribution in [0.1, 0.15) is 91.0 Å². The summed E-state index contributed by atoms with van der Waals surface area (Å²) in [6.45, 7) is 11.8. The topological polar surface area (TPSA) is 46.6 Å². The molecule has 0 unspecified atom stereocenters. The number of carbonyl (C=O) groups excluding carboxylic acids is 2.